The Balaban J connectivity index is 2.20. The molecular formula is C14H18N2O3. The Bertz CT molecular complexity index is 470. The number of carbonyl (C=O) groups is 2. The number of methoxy groups -OCH3 is 1. The van der Waals surface area contributed by atoms with Gasteiger partial charge in [0.1, 0.15) is 6.04 Å². The van der Waals surface area contributed by atoms with E-state index >= 15 is 0 Å². The van der Waals surface area contributed by atoms with Gasteiger partial charge in [-0.25, -0.2) is 4.79 Å². The first kappa shape index (κ1) is 13.5. The summed E-state index contributed by atoms with van der Waals surface area (Å²) in [4.78, 5) is 29.9. The molecule has 1 aromatic rings. The number of hydrogen-bond acceptors (Lipinski definition) is 4. The topological polar surface area (TPSA) is 59.5 Å². The molecule has 0 spiro atoms. The van der Waals surface area contributed by atoms with Crippen molar-refractivity contribution in [2.75, 3.05) is 13.7 Å². The van der Waals surface area contributed by atoms with E-state index in [1.54, 1.807) is 23.2 Å². The minimum atomic E-state index is -0.465. The van der Waals surface area contributed by atoms with Crippen LogP contribution in [0.1, 0.15) is 35.3 Å². The molecule has 1 fully saturated rings. The smallest absolute Gasteiger partial charge is 0.328 e. The zero-order valence-electron chi connectivity index (χ0n) is 11.3. The Morgan fingerprint density at radius 2 is 2.16 bits per heavy atom. The first-order valence-electron chi connectivity index (χ1n) is 6.45. The Labute approximate surface area is 112 Å². The largest absolute Gasteiger partial charge is 0.467 e. The van der Waals surface area contributed by atoms with E-state index in [1.165, 1.54) is 7.11 Å². The number of aryl methyl sites for hydroxylation is 1. The van der Waals surface area contributed by atoms with Crippen molar-refractivity contribution < 1.29 is 14.3 Å². The molecule has 2 heterocycles. The molecule has 0 bridgehead atoms. The van der Waals surface area contributed by atoms with E-state index in [1.807, 2.05) is 6.92 Å². The standard InChI is InChI=1S/C14H18N2O3/c1-10-6-7-11(9-15-10)13(17)16-8-4-3-5-12(16)14(18)19-2/h6-7,9,12H,3-5,8H2,1-2H3/t12-/m1/s1. The third kappa shape index (κ3) is 2.92. The van der Waals surface area contributed by atoms with Crippen LogP contribution in [-0.4, -0.2) is 41.5 Å². The van der Waals surface area contributed by atoms with Gasteiger partial charge in [-0.3, -0.25) is 9.78 Å². The van der Waals surface area contributed by atoms with Crippen LogP contribution in [0.3, 0.4) is 0 Å². The molecule has 5 nitrogen and oxygen atoms in total. The van der Waals surface area contributed by atoms with Crippen molar-refractivity contribution in [1.29, 1.82) is 0 Å². The van der Waals surface area contributed by atoms with E-state index in [9.17, 15) is 9.59 Å². The Kier molecular flexibility index (Phi) is 4.14. The van der Waals surface area contributed by atoms with Gasteiger partial charge in [0.25, 0.3) is 5.91 Å². The number of piperidine rings is 1. The summed E-state index contributed by atoms with van der Waals surface area (Å²) in [5.41, 5.74) is 1.38. The second kappa shape index (κ2) is 5.82. The first-order valence-corrected chi connectivity index (χ1v) is 6.45. The van der Waals surface area contributed by atoms with Crippen LogP contribution in [0.4, 0.5) is 0 Å². The van der Waals surface area contributed by atoms with Crippen molar-refractivity contribution in [2.45, 2.75) is 32.2 Å². The number of ether oxygens (including phenoxy) is 1. The maximum atomic E-state index is 12.4. The van der Waals surface area contributed by atoms with Crippen molar-refractivity contribution in [3.8, 4) is 0 Å². The van der Waals surface area contributed by atoms with E-state index in [4.69, 9.17) is 4.74 Å². The molecule has 0 aromatic carbocycles. The third-order valence-corrected chi connectivity index (χ3v) is 3.40. The van der Waals surface area contributed by atoms with Gasteiger partial charge in [-0.15, -0.1) is 0 Å². The van der Waals surface area contributed by atoms with Crippen LogP contribution in [-0.2, 0) is 9.53 Å². The summed E-state index contributed by atoms with van der Waals surface area (Å²) >= 11 is 0. The molecule has 5 heteroatoms. The summed E-state index contributed by atoms with van der Waals surface area (Å²) in [5, 5.41) is 0. The fraction of sp³-hybridized carbons (Fsp3) is 0.500. The second-order valence-corrected chi connectivity index (χ2v) is 4.72. The lowest BCUT2D eigenvalue weighted by molar-refractivity contribution is -0.147. The van der Waals surface area contributed by atoms with Gasteiger partial charge >= 0.3 is 5.97 Å². The van der Waals surface area contributed by atoms with Gasteiger partial charge in [-0.2, -0.15) is 0 Å². The number of likely N-dealkylation sites (tertiary alicyclic amines) is 1. The summed E-state index contributed by atoms with van der Waals surface area (Å²) < 4.78 is 4.78. The number of aromatic nitrogens is 1. The van der Waals surface area contributed by atoms with Crippen LogP contribution in [0.2, 0.25) is 0 Å². The highest BCUT2D eigenvalue weighted by Gasteiger charge is 2.33. The van der Waals surface area contributed by atoms with Crippen LogP contribution >= 0.6 is 0 Å². The zero-order chi connectivity index (χ0) is 13.8. The van der Waals surface area contributed by atoms with Crippen molar-refractivity contribution in [3.63, 3.8) is 0 Å². The SMILES string of the molecule is COC(=O)[C@H]1CCCCN1C(=O)c1ccc(C)nc1. The fourth-order valence-electron chi connectivity index (χ4n) is 2.32. The van der Waals surface area contributed by atoms with Gasteiger partial charge in [0.2, 0.25) is 0 Å². The lowest BCUT2D eigenvalue weighted by atomic mass is 10.0. The van der Waals surface area contributed by atoms with Gasteiger partial charge in [0.05, 0.1) is 12.7 Å². The van der Waals surface area contributed by atoms with Crippen LogP contribution in [0.25, 0.3) is 0 Å². The Morgan fingerprint density at radius 1 is 1.37 bits per heavy atom. The highest BCUT2D eigenvalue weighted by atomic mass is 16.5. The monoisotopic (exact) mass is 262 g/mol. The molecule has 102 valence electrons. The predicted octanol–water partition coefficient (Wildman–Crippen LogP) is 1.56. The minimum absolute atomic E-state index is 0.150. The van der Waals surface area contributed by atoms with E-state index in [2.05, 4.69) is 4.98 Å². The van der Waals surface area contributed by atoms with E-state index in [-0.39, 0.29) is 11.9 Å². The summed E-state index contributed by atoms with van der Waals surface area (Å²) in [6.07, 6.45) is 4.08. The van der Waals surface area contributed by atoms with Crippen molar-refractivity contribution >= 4 is 11.9 Å². The summed E-state index contributed by atoms with van der Waals surface area (Å²) in [6, 6.07) is 3.07. The van der Waals surface area contributed by atoms with Gasteiger partial charge in [0, 0.05) is 18.4 Å². The molecule has 1 aliphatic heterocycles. The average Bonchev–Trinajstić information content (AvgIpc) is 2.46. The number of rotatable bonds is 2. The van der Waals surface area contributed by atoms with Gasteiger partial charge in [0.15, 0.2) is 0 Å². The maximum Gasteiger partial charge on any atom is 0.328 e. The highest BCUT2D eigenvalue weighted by molar-refractivity contribution is 5.96. The zero-order valence-corrected chi connectivity index (χ0v) is 11.3. The quantitative estimate of drug-likeness (QED) is 0.759. The van der Waals surface area contributed by atoms with E-state index < -0.39 is 6.04 Å². The molecular weight excluding hydrogens is 244 g/mol. The van der Waals surface area contributed by atoms with Crippen LogP contribution < -0.4 is 0 Å². The normalized spacial score (nSPS) is 19.1. The lowest BCUT2D eigenvalue weighted by Gasteiger charge is -2.33. The number of esters is 1. The fourth-order valence-corrected chi connectivity index (χ4v) is 2.32. The minimum Gasteiger partial charge on any atom is -0.467 e. The molecule has 1 amide bonds. The number of nitrogens with zero attached hydrogens (tertiary/aromatic N) is 2. The van der Waals surface area contributed by atoms with E-state index in [0.717, 1.165) is 18.5 Å². The molecule has 1 atom stereocenters. The molecule has 19 heavy (non-hydrogen) atoms. The molecule has 1 aliphatic rings. The molecule has 2 rings (SSSR count). The van der Waals surface area contributed by atoms with Crippen molar-refractivity contribution in [3.05, 3.63) is 29.6 Å². The molecule has 1 aromatic heterocycles. The number of pyridine rings is 1. The molecule has 0 aliphatic carbocycles. The van der Waals surface area contributed by atoms with Crippen molar-refractivity contribution in [1.82, 2.24) is 9.88 Å². The summed E-state index contributed by atoms with van der Waals surface area (Å²) in [6.45, 7) is 2.46. The summed E-state index contributed by atoms with van der Waals surface area (Å²) in [7, 11) is 1.35. The molecule has 0 unspecified atom stereocenters. The first-order chi connectivity index (χ1) is 9.13. The third-order valence-electron chi connectivity index (χ3n) is 3.40. The molecule has 0 saturated carbocycles. The number of amides is 1. The second-order valence-electron chi connectivity index (χ2n) is 4.72. The van der Waals surface area contributed by atoms with Crippen LogP contribution in [0.5, 0.6) is 0 Å². The number of hydrogen-bond donors (Lipinski definition) is 0. The average molecular weight is 262 g/mol. The highest BCUT2D eigenvalue weighted by Crippen LogP contribution is 2.20. The van der Waals surface area contributed by atoms with Gasteiger partial charge in [-0.1, -0.05) is 0 Å². The van der Waals surface area contributed by atoms with Crippen molar-refractivity contribution in [2.24, 2.45) is 0 Å². The number of carbonyl (C=O) groups excluding carboxylic acids is 2. The molecule has 1 saturated heterocycles. The van der Waals surface area contributed by atoms with Crippen LogP contribution in [0, 0.1) is 6.92 Å². The maximum absolute atomic E-state index is 12.4. The van der Waals surface area contributed by atoms with Crippen LogP contribution in [0.15, 0.2) is 18.3 Å². The van der Waals surface area contributed by atoms with Gasteiger partial charge < -0.3 is 9.64 Å². The van der Waals surface area contributed by atoms with Gasteiger partial charge in [-0.05, 0) is 38.3 Å². The Morgan fingerprint density at radius 3 is 2.79 bits per heavy atom. The summed E-state index contributed by atoms with van der Waals surface area (Å²) in [5.74, 6) is -0.490. The van der Waals surface area contributed by atoms with E-state index in [0.29, 0.717) is 18.5 Å². The molecule has 0 N–H and O–H groups in total. The predicted molar refractivity (Wildman–Crippen MR) is 69.7 cm³/mol. The lowest BCUT2D eigenvalue weighted by Crippen LogP contribution is -2.48. The Hall–Kier alpha value is -1.91. The molecule has 0 radical (unpaired) electrons.